The number of nitrogens with zero attached hydrogens (tertiary/aromatic N) is 1. The molecule has 1 N–H and O–H groups in total. The van der Waals surface area contributed by atoms with Gasteiger partial charge in [-0.05, 0) is 50.6 Å². The molecule has 8 heteroatoms. The first-order chi connectivity index (χ1) is 13.2. The number of hydrogen-bond donors (Lipinski definition) is 1. The van der Waals surface area contributed by atoms with Crippen LogP contribution in [0.4, 0.5) is 5.69 Å². The van der Waals surface area contributed by atoms with E-state index >= 15 is 0 Å². The highest BCUT2D eigenvalue weighted by atomic mass is 35.5. The Bertz CT molecular complexity index is 930. The number of carbonyl (C=O) groups excluding carboxylic acids is 1. The number of ether oxygens (including phenoxy) is 1. The smallest absolute Gasteiger partial charge is 0.264 e. The normalized spacial score (nSPS) is 12.3. The maximum absolute atomic E-state index is 13.3. The van der Waals surface area contributed by atoms with E-state index in [2.05, 4.69) is 5.32 Å². The van der Waals surface area contributed by atoms with Crippen LogP contribution in [-0.4, -0.2) is 34.0 Å². The zero-order valence-electron chi connectivity index (χ0n) is 16.4. The number of nitrogens with one attached hydrogen (secondary N) is 1. The molecule has 28 heavy (non-hydrogen) atoms. The van der Waals surface area contributed by atoms with Crippen molar-refractivity contribution >= 4 is 33.2 Å². The second-order valence-electron chi connectivity index (χ2n) is 6.52. The Kier molecular flexibility index (Phi) is 7.32. The number of sulfonamides is 1. The average molecular weight is 425 g/mol. The largest absolute Gasteiger partial charge is 0.495 e. The van der Waals surface area contributed by atoms with Crippen LogP contribution in [0.2, 0.25) is 5.02 Å². The minimum Gasteiger partial charge on any atom is -0.495 e. The molecular formula is C20H25ClN2O4S. The molecule has 0 heterocycles. The standard InChI is InChI=1S/C20H25ClN2O4S/c1-5-15(3)22-20(24)13-23(16-8-11-19(27-4)18(21)12-16)28(25,26)17-9-6-14(2)7-10-17/h6-12,15H,5,13H2,1-4H3,(H,22,24). The van der Waals surface area contributed by atoms with Crippen LogP contribution in [0, 0.1) is 6.92 Å². The highest BCUT2D eigenvalue weighted by Crippen LogP contribution is 2.31. The van der Waals surface area contributed by atoms with Crippen molar-refractivity contribution in [3.8, 4) is 5.75 Å². The van der Waals surface area contributed by atoms with Crippen molar-refractivity contribution in [2.45, 2.75) is 38.1 Å². The van der Waals surface area contributed by atoms with E-state index in [-0.39, 0.29) is 28.2 Å². The van der Waals surface area contributed by atoms with E-state index in [9.17, 15) is 13.2 Å². The Morgan fingerprint density at radius 3 is 2.39 bits per heavy atom. The van der Waals surface area contributed by atoms with Gasteiger partial charge in [0, 0.05) is 6.04 Å². The number of anilines is 1. The number of halogens is 1. The summed E-state index contributed by atoms with van der Waals surface area (Å²) in [5.41, 5.74) is 1.22. The lowest BCUT2D eigenvalue weighted by atomic mass is 10.2. The molecule has 2 rings (SSSR count). The number of methoxy groups -OCH3 is 1. The molecule has 0 saturated heterocycles. The molecule has 0 radical (unpaired) electrons. The van der Waals surface area contributed by atoms with Crippen LogP contribution >= 0.6 is 11.6 Å². The number of amides is 1. The van der Waals surface area contributed by atoms with Gasteiger partial charge in [0.2, 0.25) is 5.91 Å². The summed E-state index contributed by atoms with van der Waals surface area (Å²) < 4.78 is 32.7. The Labute approximate surface area is 171 Å². The van der Waals surface area contributed by atoms with Crippen LogP contribution in [0.3, 0.4) is 0 Å². The molecule has 2 aromatic rings. The zero-order valence-corrected chi connectivity index (χ0v) is 18.0. The Morgan fingerprint density at radius 1 is 1.21 bits per heavy atom. The topological polar surface area (TPSA) is 75.7 Å². The first kappa shape index (κ1) is 22.0. The van der Waals surface area contributed by atoms with Gasteiger partial charge in [0.1, 0.15) is 12.3 Å². The molecule has 1 amide bonds. The molecule has 2 aromatic carbocycles. The summed E-state index contributed by atoms with van der Waals surface area (Å²) in [6, 6.07) is 11.0. The highest BCUT2D eigenvalue weighted by molar-refractivity contribution is 7.92. The third kappa shape index (κ3) is 5.17. The van der Waals surface area contributed by atoms with E-state index in [0.29, 0.717) is 5.75 Å². The molecule has 0 fully saturated rings. The van der Waals surface area contributed by atoms with Crippen LogP contribution in [-0.2, 0) is 14.8 Å². The predicted octanol–water partition coefficient (Wildman–Crippen LogP) is 3.77. The molecule has 0 aliphatic rings. The maximum Gasteiger partial charge on any atom is 0.264 e. The second-order valence-corrected chi connectivity index (χ2v) is 8.79. The number of aryl methyl sites for hydroxylation is 1. The quantitative estimate of drug-likeness (QED) is 0.699. The number of carbonyl (C=O) groups is 1. The van der Waals surface area contributed by atoms with Crippen LogP contribution in [0.25, 0.3) is 0 Å². The summed E-state index contributed by atoms with van der Waals surface area (Å²) in [6.45, 7) is 5.32. The molecule has 0 saturated carbocycles. The molecule has 0 aliphatic heterocycles. The molecular weight excluding hydrogens is 400 g/mol. The molecule has 1 unspecified atom stereocenters. The average Bonchev–Trinajstić information content (AvgIpc) is 2.66. The lowest BCUT2D eigenvalue weighted by molar-refractivity contribution is -0.120. The Balaban J connectivity index is 2.47. The van der Waals surface area contributed by atoms with Crippen LogP contribution in [0.1, 0.15) is 25.8 Å². The molecule has 0 aliphatic carbocycles. The SMILES string of the molecule is CCC(C)NC(=O)CN(c1ccc(OC)c(Cl)c1)S(=O)(=O)c1ccc(C)cc1. The summed E-state index contributed by atoms with van der Waals surface area (Å²) >= 11 is 6.19. The first-order valence-electron chi connectivity index (χ1n) is 8.91. The zero-order chi connectivity index (χ0) is 20.9. The predicted molar refractivity (Wildman–Crippen MR) is 112 cm³/mol. The summed E-state index contributed by atoms with van der Waals surface area (Å²) in [5.74, 6) is 0.0270. The van der Waals surface area contributed by atoms with Crippen molar-refractivity contribution in [1.29, 1.82) is 0 Å². The van der Waals surface area contributed by atoms with Gasteiger partial charge >= 0.3 is 0 Å². The van der Waals surface area contributed by atoms with Crippen LogP contribution < -0.4 is 14.4 Å². The van der Waals surface area contributed by atoms with Gasteiger partial charge in [-0.3, -0.25) is 9.10 Å². The maximum atomic E-state index is 13.3. The number of rotatable bonds is 8. The molecule has 0 spiro atoms. The monoisotopic (exact) mass is 424 g/mol. The third-order valence-electron chi connectivity index (χ3n) is 4.34. The Hall–Kier alpha value is -2.25. The van der Waals surface area contributed by atoms with Gasteiger partial charge in [-0.2, -0.15) is 0 Å². The minimum atomic E-state index is -3.97. The van der Waals surface area contributed by atoms with E-state index in [1.54, 1.807) is 24.3 Å². The molecule has 0 aromatic heterocycles. The van der Waals surface area contributed by atoms with Gasteiger partial charge in [0.05, 0.1) is 22.7 Å². The number of benzene rings is 2. The fourth-order valence-electron chi connectivity index (χ4n) is 2.52. The summed E-state index contributed by atoms with van der Waals surface area (Å²) in [7, 11) is -2.50. The van der Waals surface area contributed by atoms with Crippen molar-refractivity contribution in [2.75, 3.05) is 18.0 Å². The Morgan fingerprint density at radius 2 is 1.86 bits per heavy atom. The van der Waals surface area contributed by atoms with Crippen molar-refractivity contribution in [3.63, 3.8) is 0 Å². The van der Waals surface area contributed by atoms with E-state index in [4.69, 9.17) is 16.3 Å². The highest BCUT2D eigenvalue weighted by Gasteiger charge is 2.28. The molecule has 152 valence electrons. The van der Waals surface area contributed by atoms with Crippen molar-refractivity contribution in [3.05, 3.63) is 53.1 Å². The third-order valence-corrected chi connectivity index (χ3v) is 6.42. The first-order valence-corrected chi connectivity index (χ1v) is 10.7. The lowest BCUT2D eigenvalue weighted by Crippen LogP contribution is -2.43. The van der Waals surface area contributed by atoms with Gasteiger partial charge in [-0.25, -0.2) is 8.42 Å². The second kappa shape index (κ2) is 9.30. The van der Waals surface area contributed by atoms with Crippen LogP contribution in [0.5, 0.6) is 5.75 Å². The van der Waals surface area contributed by atoms with E-state index in [1.165, 1.54) is 25.3 Å². The van der Waals surface area contributed by atoms with Crippen molar-refractivity contribution < 1.29 is 17.9 Å². The summed E-state index contributed by atoms with van der Waals surface area (Å²) in [6.07, 6.45) is 0.741. The fraction of sp³-hybridized carbons (Fsp3) is 0.350. The lowest BCUT2D eigenvalue weighted by Gasteiger charge is -2.25. The van der Waals surface area contributed by atoms with E-state index in [0.717, 1.165) is 16.3 Å². The molecule has 1 atom stereocenters. The summed E-state index contributed by atoms with van der Waals surface area (Å²) in [5, 5.41) is 3.05. The van der Waals surface area contributed by atoms with Gasteiger partial charge in [-0.1, -0.05) is 36.2 Å². The van der Waals surface area contributed by atoms with Crippen molar-refractivity contribution in [1.82, 2.24) is 5.32 Å². The van der Waals surface area contributed by atoms with Gasteiger partial charge in [0.15, 0.2) is 0 Å². The van der Waals surface area contributed by atoms with E-state index in [1.807, 2.05) is 20.8 Å². The fourth-order valence-corrected chi connectivity index (χ4v) is 4.18. The summed E-state index contributed by atoms with van der Waals surface area (Å²) in [4.78, 5) is 12.6. The van der Waals surface area contributed by atoms with Crippen LogP contribution in [0.15, 0.2) is 47.4 Å². The van der Waals surface area contributed by atoms with Gasteiger partial charge in [-0.15, -0.1) is 0 Å². The molecule has 0 bridgehead atoms. The number of hydrogen-bond acceptors (Lipinski definition) is 4. The molecule has 6 nitrogen and oxygen atoms in total. The van der Waals surface area contributed by atoms with Crippen molar-refractivity contribution in [2.24, 2.45) is 0 Å². The van der Waals surface area contributed by atoms with Gasteiger partial charge < -0.3 is 10.1 Å². The van der Waals surface area contributed by atoms with E-state index < -0.39 is 15.9 Å². The van der Waals surface area contributed by atoms with Gasteiger partial charge in [0.25, 0.3) is 10.0 Å². The minimum absolute atomic E-state index is 0.0594.